The number of halogens is 3. The van der Waals surface area contributed by atoms with Crippen LogP contribution in [0.25, 0.3) is 0 Å². The van der Waals surface area contributed by atoms with Crippen LogP contribution in [0, 0.1) is 0 Å². The van der Waals surface area contributed by atoms with E-state index in [1.807, 2.05) is 11.0 Å². The molecule has 0 spiro atoms. The van der Waals surface area contributed by atoms with Crippen molar-refractivity contribution in [3.63, 3.8) is 0 Å². The Bertz CT molecular complexity index is 1440. The van der Waals surface area contributed by atoms with Gasteiger partial charge in [0.1, 0.15) is 0 Å². The molecule has 11 heteroatoms. The third-order valence-corrected chi connectivity index (χ3v) is 8.31. The normalized spacial score (nSPS) is 14.0. The molecule has 0 atom stereocenters. The number of primary amides is 1. The van der Waals surface area contributed by atoms with E-state index in [1.54, 1.807) is 41.3 Å². The molecule has 8 nitrogen and oxygen atoms in total. The fourth-order valence-corrected chi connectivity index (χ4v) is 5.78. The Morgan fingerprint density at radius 1 is 0.894 bits per heavy atom. The summed E-state index contributed by atoms with van der Waals surface area (Å²) in [7, 11) is 0.960. The van der Waals surface area contributed by atoms with E-state index >= 15 is 0 Å². The lowest BCUT2D eigenvalue weighted by Crippen LogP contribution is -2.46. The molecule has 1 heterocycles. The molecule has 1 saturated heterocycles. The minimum absolute atomic E-state index is 0.0121. The summed E-state index contributed by atoms with van der Waals surface area (Å²) in [5.41, 5.74) is 7.88. The average Bonchev–Trinajstić information content (AvgIpc) is 3.31. The first kappa shape index (κ1) is 36.9. The first-order chi connectivity index (χ1) is 22.3. The molecular formula is C36H46F3N5O3. The fourth-order valence-electron chi connectivity index (χ4n) is 5.78. The lowest BCUT2D eigenvalue weighted by Gasteiger charge is -2.37. The van der Waals surface area contributed by atoms with Crippen LogP contribution in [-0.2, 0) is 17.8 Å². The summed E-state index contributed by atoms with van der Waals surface area (Å²) in [4.78, 5) is 40.7. The topological polar surface area (TPSA) is 99.0 Å². The Kier molecular flexibility index (Phi) is 13.2. The molecule has 0 bridgehead atoms. The van der Waals surface area contributed by atoms with Gasteiger partial charge in [-0.3, -0.25) is 19.4 Å². The van der Waals surface area contributed by atoms with Gasteiger partial charge >= 0.3 is 12.3 Å². The van der Waals surface area contributed by atoms with Crippen molar-refractivity contribution in [2.45, 2.75) is 77.7 Å². The quantitative estimate of drug-likeness (QED) is 0.190. The summed E-state index contributed by atoms with van der Waals surface area (Å²) < 4.78 is 39.3. The molecule has 0 radical (unpaired) electrons. The van der Waals surface area contributed by atoms with Crippen molar-refractivity contribution in [1.29, 1.82) is 0 Å². The van der Waals surface area contributed by atoms with Crippen LogP contribution in [0.1, 0.15) is 74.4 Å². The summed E-state index contributed by atoms with van der Waals surface area (Å²) >= 11 is 0. The number of nitrogens with zero attached hydrogens (tertiary/aromatic N) is 3. The number of hydrogen-bond acceptors (Lipinski definition) is 4. The Balaban J connectivity index is 0.000000653. The van der Waals surface area contributed by atoms with Crippen molar-refractivity contribution in [3.05, 3.63) is 95.6 Å². The zero-order valence-corrected chi connectivity index (χ0v) is 27.6. The molecule has 0 aliphatic carbocycles. The second-order valence-electron chi connectivity index (χ2n) is 11.7. The molecule has 1 fully saturated rings. The lowest BCUT2D eigenvalue weighted by molar-refractivity contribution is -0.125. The van der Waals surface area contributed by atoms with Gasteiger partial charge in [-0.1, -0.05) is 76.1 Å². The van der Waals surface area contributed by atoms with Gasteiger partial charge in [-0.25, -0.2) is 4.79 Å². The van der Waals surface area contributed by atoms with Crippen LogP contribution < -0.4 is 20.9 Å². The summed E-state index contributed by atoms with van der Waals surface area (Å²) in [5.74, 6) is -0.820. The third-order valence-electron chi connectivity index (χ3n) is 8.31. The van der Waals surface area contributed by atoms with Crippen LogP contribution >= 0.6 is 0 Å². The van der Waals surface area contributed by atoms with Crippen LogP contribution in [0.2, 0.25) is 0 Å². The van der Waals surface area contributed by atoms with Gasteiger partial charge in [-0.2, -0.15) is 13.2 Å². The van der Waals surface area contributed by atoms with Crippen molar-refractivity contribution in [3.8, 4) is 0 Å². The first-order valence-electron chi connectivity index (χ1n) is 16.0. The number of urea groups is 1. The second kappa shape index (κ2) is 16.9. The average molecular weight is 654 g/mol. The number of anilines is 2. The van der Waals surface area contributed by atoms with Crippen LogP contribution in [0.5, 0.6) is 0 Å². The van der Waals surface area contributed by atoms with Crippen molar-refractivity contribution in [2.24, 2.45) is 5.73 Å². The number of benzene rings is 3. The van der Waals surface area contributed by atoms with Crippen LogP contribution in [0.4, 0.5) is 29.3 Å². The predicted octanol–water partition coefficient (Wildman–Crippen LogP) is 7.28. The molecule has 1 aliphatic rings. The summed E-state index contributed by atoms with van der Waals surface area (Å²) in [6, 6.07) is 23.0. The molecule has 0 unspecified atom stereocenters. The van der Waals surface area contributed by atoms with Crippen molar-refractivity contribution < 1.29 is 27.6 Å². The molecule has 4 rings (SSSR count). The van der Waals surface area contributed by atoms with Gasteiger partial charge < -0.3 is 16.0 Å². The first-order valence-corrected chi connectivity index (χ1v) is 16.0. The van der Waals surface area contributed by atoms with Gasteiger partial charge in [-0.15, -0.1) is 0 Å². The minimum atomic E-state index is -4.50. The summed E-state index contributed by atoms with van der Waals surface area (Å²) in [6.45, 7) is 7.20. The highest BCUT2D eigenvalue weighted by molar-refractivity contribution is 5.96. The van der Waals surface area contributed by atoms with Gasteiger partial charge in [0.2, 0.25) is 5.91 Å². The van der Waals surface area contributed by atoms with E-state index < -0.39 is 17.7 Å². The van der Waals surface area contributed by atoms with E-state index in [0.717, 1.165) is 44.7 Å². The van der Waals surface area contributed by atoms with Crippen molar-refractivity contribution in [2.75, 3.05) is 29.9 Å². The van der Waals surface area contributed by atoms with E-state index in [4.69, 9.17) is 5.73 Å². The number of nitrogens with one attached hydrogen (secondary N) is 1. The SMILES string of the molecule is CCCC1(CCC)CN(c2ccc(N(C)C(F)(F)F)cc2)C(=O)N1Cc1ccc(C(=O)NCCC(N)=O)cc1.CCc1ccccc1. The maximum Gasteiger partial charge on any atom is 0.484 e. The largest absolute Gasteiger partial charge is 0.484 e. The van der Waals surface area contributed by atoms with E-state index in [0.29, 0.717) is 24.3 Å². The van der Waals surface area contributed by atoms with Gasteiger partial charge in [0.25, 0.3) is 5.91 Å². The molecule has 1 aliphatic heterocycles. The van der Waals surface area contributed by atoms with E-state index in [-0.39, 0.29) is 35.5 Å². The van der Waals surface area contributed by atoms with Crippen molar-refractivity contribution >= 4 is 29.2 Å². The highest BCUT2D eigenvalue weighted by atomic mass is 19.4. The number of amides is 4. The van der Waals surface area contributed by atoms with E-state index in [2.05, 4.69) is 50.4 Å². The Morgan fingerprint density at radius 3 is 1.98 bits per heavy atom. The number of hydrogen-bond donors (Lipinski definition) is 2. The van der Waals surface area contributed by atoms with Crippen LogP contribution in [0.3, 0.4) is 0 Å². The predicted molar refractivity (Wildman–Crippen MR) is 180 cm³/mol. The van der Waals surface area contributed by atoms with E-state index in [1.165, 1.54) is 17.7 Å². The Morgan fingerprint density at radius 2 is 1.49 bits per heavy atom. The molecule has 4 amide bonds. The maximum atomic E-state index is 13.8. The van der Waals surface area contributed by atoms with Gasteiger partial charge in [0.05, 0.1) is 12.1 Å². The number of carbonyl (C=O) groups excluding carboxylic acids is 3. The number of nitrogens with two attached hydrogens (primary N) is 1. The number of rotatable bonds is 13. The molecule has 3 N–H and O–H groups in total. The van der Waals surface area contributed by atoms with Crippen LogP contribution in [0.15, 0.2) is 78.9 Å². The molecular weight excluding hydrogens is 607 g/mol. The molecule has 3 aromatic carbocycles. The zero-order chi connectivity index (χ0) is 34.6. The smallest absolute Gasteiger partial charge is 0.370 e. The minimum Gasteiger partial charge on any atom is -0.370 e. The number of aryl methyl sites for hydroxylation is 1. The number of carbonyl (C=O) groups is 3. The summed E-state index contributed by atoms with van der Waals surface area (Å²) in [6.07, 6.45) is -0.0405. The monoisotopic (exact) mass is 653 g/mol. The van der Waals surface area contributed by atoms with Gasteiger partial charge in [0.15, 0.2) is 0 Å². The van der Waals surface area contributed by atoms with Crippen LogP contribution in [-0.4, -0.2) is 54.7 Å². The standard InChI is InChI=1S/C28H36F3N5O3.C8H10/c1-4-15-27(16-5-2)19-35(23-12-10-22(11-13-23)34(3)28(29,30)31)26(39)36(27)18-20-6-8-21(9-7-20)25(38)33-17-14-24(32)37;1-2-8-6-4-3-5-7-8/h6-13H,4-5,14-19H2,1-3H3,(H2,32,37)(H,33,38);3-7H,2H2,1H3. The molecule has 0 aromatic heterocycles. The highest BCUT2D eigenvalue weighted by Gasteiger charge is 2.48. The lowest BCUT2D eigenvalue weighted by atomic mass is 9.87. The maximum absolute atomic E-state index is 13.8. The molecule has 0 saturated carbocycles. The Labute approximate surface area is 275 Å². The molecule has 3 aromatic rings. The highest BCUT2D eigenvalue weighted by Crippen LogP contribution is 2.39. The second-order valence-corrected chi connectivity index (χ2v) is 11.7. The number of alkyl halides is 3. The third kappa shape index (κ3) is 9.97. The Hall–Kier alpha value is -4.54. The van der Waals surface area contributed by atoms with E-state index in [9.17, 15) is 27.6 Å². The van der Waals surface area contributed by atoms with Gasteiger partial charge in [-0.05, 0) is 66.8 Å². The fraction of sp³-hybridized carbons (Fsp3) is 0.417. The zero-order valence-electron chi connectivity index (χ0n) is 27.6. The summed E-state index contributed by atoms with van der Waals surface area (Å²) in [5, 5.41) is 2.64. The molecule has 254 valence electrons. The van der Waals surface area contributed by atoms with Gasteiger partial charge in [0, 0.05) is 43.5 Å². The molecule has 47 heavy (non-hydrogen) atoms. The van der Waals surface area contributed by atoms with Crippen molar-refractivity contribution in [1.82, 2.24) is 10.2 Å².